The van der Waals surface area contributed by atoms with Crippen LogP contribution in [0.4, 0.5) is 14.5 Å². The first kappa shape index (κ1) is 15.9. The predicted molar refractivity (Wildman–Crippen MR) is 67.7 cm³/mol. The first-order chi connectivity index (χ1) is 9.40. The summed E-state index contributed by atoms with van der Waals surface area (Å²) in [5, 5.41) is 17.2. The third kappa shape index (κ3) is 5.21. The molecule has 0 bridgehead atoms. The number of hydrogen-bond donors (Lipinski definition) is 2. The van der Waals surface area contributed by atoms with Gasteiger partial charge in [0.1, 0.15) is 11.6 Å². The van der Waals surface area contributed by atoms with Gasteiger partial charge in [-0.15, -0.1) is 0 Å². The van der Waals surface area contributed by atoms with Crippen molar-refractivity contribution < 1.29 is 28.6 Å². The first-order valence-corrected chi connectivity index (χ1v) is 6.03. The number of rotatable bonds is 8. The van der Waals surface area contributed by atoms with Gasteiger partial charge in [0.15, 0.2) is 0 Å². The van der Waals surface area contributed by atoms with E-state index in [0.717, 1.165) is 18.2 Å². The van der Waals surface area contributed by atoms with Crippen LogP contribution in [-0.2, 0) is 9.59 Å². The molecule has 0 atom stereocenters. The second kappa shape index (κ2) is 7.42. The average molecular weight is 287 g/mol. The highest BCUT2D eigenvalue weighted by Gasteiger charge is 2.14. The summed E-state index contributed by atoms with van der Waals surface area (Å²) in [6.07, 6.45) is -0.158. The van der Waals surface area contributed by atoms with Crippen molar-refractivity contribution in [1.82, 2.24) is 0 Å². The molecular weight excluding hydrogens is 272 g/mol. The summed E-state index contributed by atoms with van der Waals surface area (Å²) in [7, 11) is 0. The standard InChI is InChI=1S/C13H15F2NO4/c14-9-3-4-10(15)11(8-9)16(7-5-13(19)20)6-1-2-12(17)18/h3-4,8H,1-2,5-7H2,(H,17,18)(H,19,20). The second-order valence-electron chi connectivity index (χ2n) is 4.22. The molecule has 0 amide bonds. The van der Waals surface area contributed by atoms with E-state index >= 15 is 0 Å². The van der Waals surface area contributed by atoms with E-state index in [9.17, 15) is 18.4 Å². The van der Waals surface area contributed by atoms with Crippen LogP contribution in [0.3, 0.4) is 0 Å². The quantitative estimate of drug-likeness (QED) is 0.765. The summed E-state index contributed by atoms with van der Waals surface area (Å²) < 4.78 is 26.8. The minimum atomic E-state index is -1.06. The molecule has 20 heavy (non-hydrogen) atoms. The molecule has 1 aromatic rings. The maximum absolute atomic E-state index is 13.7. The van der Waals surface area contributed by atoms with Crippen molar-refractivity contribution in [3.63, 3.8) is 0 Å². The van der Waals surface area contributed by atoms with E-state index in [1.54, 1.807) is 0 Å². The zero-order valence-electron chi connectivity index (χ0n) is 10.7. The van der Waals surface area contributed by atoms with Crippen molar-refractivity contribution in [2.75, 3.05) is 18.0 Å². The van der Waals surface area contributed by atoms with Gasteiger partial charge < -0.3 is 15.1 Å². The normalized spacial score (nSPS) is 10.3. The number of aliphatic carboxylic acids is 2. The Hall–Kier alpha value is -2.18. The third-order valence-electron chi connectivity index (χ3n) is 2.66. The maximum atomic E-state index is 13.7. The molecule has 0 aliphatic rings. The number of anilines is 1. The van der Waals surface area contributed by atoms with E-state index in [1.165, 1.54) is 4.90 Å². The third-order valence-corrected chi connectivity index (χ3v) is 2.66. The number of nitrogens with zero attached hydrogens (tertiary/aromatic N) is 1. The lowest BCUT2D eigenvalue weighted by atomic mass is 10.2. The van der Waals surface area contributed by atoms with Crippen molar-refractivity contribution in [3.8, 4) is 0 Å². The van der Waals surface area contributed by atoms with E-state index in [0.29, 0.717) is 0 Å². The van der Waals surface area contributed by atoms with Crippen molar-refractivity contribution >= 4 is 17.6 Å². The van der Waals surface area contributed by atoms with Gasteiger partial charge in [0.2, 0.25) is 0 Å². The molecule has 7 heteroatoms. The molecule has 0 spiro atoms. The maximum Gasteiger partial charge on any atom is 0.305 e. The van der Waals surface area contributed by atoms with Crippen LogP contribution in [-0.4, -0.2) is 35.2 Å². The Kier molecular flexibility index (Phi) is 5.89. The highest BCUT2D eigenvalue weighted by Crippen LogP contribution is 2.21. The molecule has 0 fully saturated rings. The predicted octanol–water partition coefficient (Wildman–Crippen LogP) is 2.11. The Morgan fingerprint density at radius 2 is 1.70 bits per heavy atom. The van der Waals surface area contributed by atoms with E-state index in [1.807, 2.05) is 0 Å². The Morgan fingerprint density at radius 1 is 1.05 bits per heavy atom. The topological polar surface area (TPSA) is 77.8 Å². The monoisotopic (exact) mass is 287 g/mol. The lowest BCUT2D eigenvalue weighted by Crippen LogP contribution is -2.28. The van der Waals surface area contributed by atoms with Crippen LogP contribution in [0.25, 0.3) is 0 Å². The van der Waals surface area contributed by atoms with E-state index in [2.05, 4.69) is 0 Å². The van der Waals surface area contributed by atoms with Crippen LogP contribution >= 0.6 is 0 Å². The van der Waals surface area contributed by atoms with Gasteiger partial charge in [-0.25, -0.2) is 8.78 Å². The average Bonchev–Trinajstić information content (AvgIpc) is 2.36. The summed E-state index contributed by atoms with van der Waals surface area (Å²) in [5.74, 6) is -3.37. The van der Waals surface area contributed by atoms with Crippen LogP contribution in [0.5, 0.6) is 0 Å². The highest BCUT2D eigenvalue weighted by molar-refractivity contribution is 5.68. The number of carbonyl (C=O) groups is 2. The van der Waals surface area contributed by atoms with Crippen molar-refractivity contribution in [1.29, 1.82) is 0 Å². The fourth-order valence-electron chi connectivity index (χ4n) is 1.73. The summed E-state index contributed by atoms with van der Waals surface area (Å²) in [6, 6.07) is 2.89. The minimum Gasteiger partial charge on any atom is -0.481 e. The summed E-state index contributed by atoms with van der Waals surface area (Å²) in [5.41, 5.74) is -0.0587. The Morgan fingerprint density at radius 3 is 2.30 bits per heavy atom. The molecule has 2 N–H and O–H groups in total. The van der Waals surface area contributed by atoms with E-state index in [4.69, 9.17) is 10.2 Å². The minimum absolute atomic E-state index is 0.0185. The number of hydrogen-bond acceptors (Lipinski definition) is 3. The van der Waals surface area contributed by atoms with Crippen LogP contribution in [0.1, 0.15) is 19.3 Å². The Balaban J connectivity index is 2.81. The molecular formula is C13H15F2NO4. The van der Waals surface area contributed by atoms with Gasteiger partial charge in [-0.1, -0.05) is 0 Å². The largest absolute Gasteiger partial charge is 0.481 e. The van der Waals surface area contributed by atoms with E-state index in [-0.39, 0.29) is 38.0 Å². The molecule has 1 rings (SSSR count). The van der Waals surface area contributed by atoms with Crippen molar-refractivity contribution in [3.05, 3.63) is 29.8 Å². The van der Waals surface area contributed by atoms with Crippen LogP contribution in [0, 0.1) is 11.6 Å². The lowest BCUT2D eigenvalue weighted by Gasteiger charge is -2.24. The van der Waals surface area contributed by atoms with Crippen LogP contribution < -0.4 is 4.90 Å². The SMILES string of the molecule is O=C(O)CCCN(CCC(=O)O)c1cc(F)ccc1F. The fraction of sp³-hybridized carbons (Fsp3) is 0.385. The molecule has 0 unspecified atom stereocenters. The van der Waals surface area contributed by atoms with Gasteiger partial charge in [-0.3, -0.25) is 9.59 Å². The molecule has 1 aromatic carbocycles. The van der Waals surface area contributed by atoms with Crippen molar-refractivity contribution in [2.24, 2.45) is 0 Å². The summed E-state index contributed by atoms with van der Waals surface area (Å²) in [4.78, 5) is 22.4. The van der Waals surface area contributed by atoms with Crippen molar-refractivity contribution in [2.45, 2.75) is 19.3 Å². The molecule has 5 nitrogen and oxygen atoms in total. The Labute approximate surface area is 114 Å². The van der Waals surface area contributed by atoms with E-state index < -0.39 is 23.6 Å². The number of carboxylic acids is 2. The first-order valence-electron chi connectivity index (χ1n) is 6.03. The zero-order valence-corrected chi connectivity index (χ0v) is 10.7. The molecule has 0 aromatic heterocycles. The van der Waals surface area contributed by atoms with Gasteiger partial charge in [0.05, 0.1) is 12.1 Å². The molecule has 0 saturated carbocycles. The van der Waals surface area contributed by atoms with Crippen LogP contribution in [0.15, 0.2) is 18.2 Å². The number of benzene rings is 1. The Bertz CT molecular complexity index is 493. The highest BCUT2D eigenvalue weighted by atomic mass is 19.1. The molecule has 0 aliphatic heterocycles. The smallest absolute Gasteiger partial charge is 0.305 e. The fourth-order valence-corrected chi connectivity index (χ4v) is 1.73. The van der Waals surface area contributed by atoms with Gasteiger partial charge in [0, 0.05) is 25.6 Å². The van der Waals surface area contributed by atoms with Gasteiger partial charge in [0.25, 0.3) is 0 Å². The van der Waals surface area contributed by atoms with Gasteiger partial charge >= 0.3 is 11.9 Å². The molecule has 0 aliphatic carbocycles. The number of carboxylic acid groups (broad SMARTS) is 2. The molecule has 110 valence electrons. The van der Waals surface area contributed by atoms with Gasteiger partial charge in [-0.05, 0) is 18.6 Å². The zero-order chi connectivity index (χ0) is 15.1. The van der Waals surface area contributed by atoms with Crippen LogP contribution in [0.2, 0.25) is 0 Å². The summed E-state index contributed by atoms with van der Waals surface area (Å²) >= 11 is 0. The second-order valence-corrected chi connectivity index (χ2v) is 4.22. The molecule has 0 heterocycles. The molecule has 0 radical (unpaired) electrons. The van der Waals surface area contributed by atoms with Gasteiger partial charge in [-0.2, -0.15) is 0 Å². The number of halogens is 2. The summed E-state index contributed by atoms with van der Waals surface area (Å²) in [6.45, 7) is 0.120. The molecule has 0 saturated heterocycles. The lowest BCUT2D eigenvalue weighted by molar-refractivity contribution is -0.138.